The lowest BCUT2D eigenvalue weighted by Gasteiger charge is -2.21. The normalized spacial score (nSPS) is 17.6. The molecule has 0 spiro atoms. The number of halogens is 1. The largest absolute Gasteiger partial charge is 0.481 e. The van der Waals surface area contributed by atoms with E-state index in [-0.39, 0.29) is 17.6 Å². The molecule has 1 amide bonds. The number of amides is 1. The van der Waals surface area contributed by atoms with Gasteiger partial charge in [0.15, 0.2) is 11.8 Å². The molecule has 3 heterocycles. The molecule has 0 unspecified atom stereocenters. The lowest BCUT2D eigenvalue weighted by atomic mass is 10.0. The molecule has 1 saturated heterocycles. The maximum absolute atomic E-state index is 13.0. The smallest absolute Gasteiger partial charge is 0.263 e. The van der Waals surface area contributed by atoms with Crippen molar-refractivity contribution in [2.24, 2.45) is 5.73 Å². The molecule has 0 bridgehead atoms. The summed E-state index contributed by atoms with van der Waals surface area (Å²) in [7, 11) is 0. The van der Waals surface area contributed by atoms with Gasteiger partial charge in [-0.15, -0.1) is 0 Å². The number of likely N-dealkylation sites (tertiary alicyclic amines) is 1. The molecule has 4 rings (SSSR count). The molecule has 8 nitrogen and oxygen atoms in total. The molecule has 29 heavy (non-hydrogen) atoms. The number of rotatable bonds is 6. The van der Waals surface area contributed by atoms with E-state index in [0.29, 0.717) is 37.6 Å². The summed E-state index contributed by atoms with van der Waals surface area (Å²) in [5.74, 6) is 0.0942. The number of nitrogens with two attached hydrogens (primary N) is 1. The van der Waals surface area contributed by atoms with Crippen molar-refractivity contribution in [1.82, 2.24) is 24.6 Å². The highest BCUT2D eigenvalue weighted by molar-refractivity contribution is 5.81. The Balaban J connectivity index is 1.47. The van der Waals surface area contributed by atoms with Crippen LogP contribution in [0.1, 0.15) is 25.0 Å². The molecule has 9 heteroatoms. The summed E-state index contributed by atoms with van der Waals surface area (Å²) in [6.07, 6.45) is 3.42. The Kier molecular flexibility index (Phi) is 5.39. The average Bonchev–Trinajstić information content (AvgIpc) is 3.35. The first kappa shape index (κ1) is 19.3. The summed E-state index contributed by atoms with van der Waals surface area (Å²) >= 11 is 0. The lowest BCUT2D eigenvalue weighted by Crippen LogP contribution is -2.39. The number of carbonyl (C=O) groups is 1. The second-order valence-corrected chi connectivity index (χ2v) is 7.11. The summed E-state index contributed by atoms with van der Waals surface area (Å²) in [4.78, 5) is 23.4. The standard InChI is InChI=1S/C20H23FN6O2/c1-13(29-16-4-2-15(21)3-5-16)20(28)26-10-6-14(12-26)17-18-19(24-9-8-23-18)27(25-17)11-7-22/h2-5,8-9,13-14H,6-7,10-12,22H2,1H3/t13-,14-/m0/s1. The molecule has 152 valence electrons. The minimum absolute atomic E-state index is 0.0789. The first-order valence-electron chi connectivity index (χ1n) is 9.65. The Morgan fingerprint density at radius 2 is 2.07 bits per heavy atom. The fourth-order valence-electron chi connectivity index (χ4n) is 3.69. The van der Waals surface area contributed by atoms with Gasteiger partial charge < -0.3 is 15.4 Å². The summed E-state index contributed by atoms with van der Waals surface area (Å²) in [5.41, 5.74) is 8.01. The molecule has 1 aliphatic rings. The Morgan fingerprint density at radius 3 is 2.83 bits per heavy atom. The molecule has 0 radical (unpaired) electrons. The van der Waals surface area contributed by atoms with Gasteiger partial charge in [0.2, 0.25) is 0 Å². The molecule has 3 aromatic rings. The fourth-order valence-corrected chi connectivity index (χ4v) is 3.69. The topological polar surface area (TPSA) is 99.2 Å². The highest BCUT2D eigenvalue weighted by Crippen LogP contribution is 2.30. The SMILES string of the molecule is C[C@H](Oc1ccc(F)cc1)C(=O)N1CC[C@H](c2nn(CCN)c3nccnc23)C1. The van der Waals surface area contributed by atoms with Crippen LogP contribution >= 0.6 is 0 Å². The number of ether oxygens (including phenoxy) is 1. The number of carbonyl (C=O) groups excluding carboxylic acids is 1. The van der Waals surface area contributed by atoms with Crippen LogP contribution in [0.4, 0.5) is 4.39 Å². The zero-order valence-corrected chi connectivity index (χ0v) is 16.2. The number of hydrogen-bond donors (Lipinski definition) is 1. The summed E-state index contributed by atoms with van der Waals surface area (Å²) < 4.78 is 20.5. The summed E-state index contributed by atoms with van der Waals surface area (Å²) in [5, 5.41) is 4.68. The van der Waals surface area contributed by atoms with Crippen molar-refractivity contribution in [3.8, 4) is 5.75 Å². The number of aromatic nitrogens is 4. The number of nitrogens with zero attached hydrogens (tertiary/aromatic N) is 5. The van der Waals surface area contributed by atoms with Gasteiger partial charge in [0, 0.05) is 37.9 Å². The third kappa shape index (κ3) is 3.91. The van der Waals surface area contributed by atoms with Gasteiger partial charge in [-0.2, -0.15) is 5.10 Å². The van der Waals surface area contributed by atoms with Crippen LogP contribution in [-0.4, -0.2) is 56.3 Å². The zero-order chi connectivity index (χ0) is 20.4. The van der Waals surface area contributed by atoms with Crippen LogP contribution in [0.2, 0.25) is 0 Å². The van der Waals surface area contributed by atoms with Gasteiger partial charge in [0.05, 0.1) is 12.2 Å². The van der Waals surface area contributed by atoms with E-state index in [1.54, 1.807) is 28.9 Å². The number of hydrogen-bond acceptors (Lipinski definition) is 6. The molecule has 0 saturated carbocycles. The van der Waals surface area contributed by atoms with E-state index in [1.165, 1.54) is 24.3 Å². The van der Waals surface area contributed by atoms with Crippen LogP contribution in [0.15, 0.2) is 36.7 Å². The van der Waals surface area contributed by atoms with E-state index < -0.39 is 6.10 Å². The van der Waals surface area contributed by atoms with Crippen molar-refractivity contribution in [2.45, 2.75) is 31.9 Å². The second kappa shape index (κ2) is 8.12. The highest BCUT2D eigenvalue weighted by atomic mass is 19.1. The maximum atomic E-state index is 13.0. The molecule has 2 N–H and O–H groups in total. The van der Waals surface area contributed by atoms with E-state index in [1.807, 2.05) is 0 Å². The van der Waals surface area contributed by atoms with Gasteiger partial charge in [0.1, 0.15) is 17.1 Å². The van der Waals surface area contributed by atoms with Crippen molar-refractivity contribution < 1.29 is 13.9 Å². The van der Waals surface area contributed by atoms with Crippen LogP contribution in [0.25, 0.3) is 11.2 Å². The molecular weight excluding hydrogens is 375 g/mol. The van der Waals surface area contributed by atoms with Gasteiger partial charge >= 0.3 is 0 Å². The Hall–Kier alpha value is -3.07. The predicted molar refractivity (Wildman–Crippen MR) is 105 cm³/mol. The molecule has 2 aromatic heterocycles. The molecule has 1 aromatic carbocycles. The quantitative estimate of drug-likeness (QED) is 0.679. The molecule has 0 aliphatic carbocycles. The van der Waals surface area contributed by atoms with Gasteiger partial charge in [-0.3, -0.25) is 4.79 Å². The number of benzene rings is 1. The van der Waals surface area contributed by atoms with Crippen LogP contribution < -0.4 is 10.5 Å². The van der Waals surface area contributed by atoms with E-state index in [0.717, 1.165) is 17.6 Å². The monoisotopic (exact) mass is 398 g/mol. The van der Waals surface area contributed by atoms with Crippen molar-refractivity contribution in [3.63, 3.8) is 0 Å². The summed E-state index contributed by atoms with van der Waals surface area (Å²) in [6.45, 7) is 3.89. The minimum Gasteiger partial charge on any atom is -0.481 e. The number of fused-ring (bicyclic) bond motifs is 1. The maximum Gasteiger partial charge on any atom is 0.263 e. The van der Waals surface area contributed by atoms with Crippen LogP contribution in [0.3, 0.4) is 0 Å². The van der Waals surface area contributed by atoms with Gasteiger partial charge in [-0.1, -0.05) is 0 Å². The van der Waals surface area contributed by atoms with Crippen molar-refractivity contribution in [3.05, 3.63) is 48.2 Å². The van der Waals surface area contributed by atoms with Crippen LogP contribution in [0.5, 0.6) is 5.75 Å². The first-order valence-corrected chi connectivity index (χ1v) is 9.65. The van der Waals surface area contributed by atoms with Gasteiger partial charge in [-0.25, -0.2) is 19.0 Å². The lowest BCUT2D eigenvalue weighted by molar-refractivity contribution is -0.136. The molecule has 1 fully saturated rings. The van der Waals surface area contributed by atoms with E-state index in [2.05, 4.69) is 15.1 Å². The highest BCUT2D eigenvalue weighted by Gasteiger charge is 2.33. The molecular formula is C20H23FN6O2. The first-order chi connectivity index (χ1) is 14.1. The van der Waals surface area contributed by atoms with E-state index in [4.69, 9.17) is 10.5 Å². The Morgan fingerprint density at radius 1 is 1.31 bits per heavy atom. The Labute approximate surface area is 167 Å². The van der Waals surface area contributed by atoms with Gasteiger partial charge in [-0.05, 0) is 37.6 Å². The third-order valence-electron chi connectivity index (χ3n) is 5.10. The third-order valence-corrected chi connectivity index (χ3v) is 5.10. The van der Waals surface area contributed by atoms with Crippen molar-refractivity contribution in [2.75, 3.05) is 19.6 Å². The Bertz CT molecular complexity index is 1010. The van der Waals surface area contributed by atoms with Crippen molar-refractivity contribution in [1.29, 1.82) is 0 Å². The van der Waals surface area contributed by atoms with E-state index >= 15 is 0 Å². The summed E-state index contributed by atoms with van der Waals surface area (Å²) in [6, 6.07) is 5.64. The molecule has 2 atom stereocenters. The second-order valence-electron chi connectivity index (χ2n) is 7.11. The zero-order valence-electron chi connectivity index (χ0n) is 16.2. The minimum atomic E-state index is -0.662. The van der Waals surface area contributed by atoms with Crippen LogP contribution in [-0.2, 0) is 11.3 Å². The fraction of sp³-hybridized carbons (Fsp3) is 0.400. The predicted octanol–water partition coefficient (Wildman–Crippen LogP) is 1.71. The molecule has 1 aliphatic heterocycles. The van der Waals surface area contributed by atoms with Crippen LogP contribution in [0, 0.1) is 5.82 Å². The average molecular weight is 398 g/mol. The van der Waals surface area contributed by atoms with Crippen molar-refractivity contribution >= 4 is 17.1 Å². The van der Waals surface area contributed by atoms with E-state index in [9.17, 15) is 9.18 Å². The van der Waals surface area contributed by atoms with Gasteiger partial charge in [0.25, 0.3) is 5.91 Å².